The number of nitrogens with one attached hydrogen (secondary N) is 1. The van der Waals surface area contributed by atoms with Gasteiger partial charge < -0.3 is 10.2 Å². The topological polar surface area (TPSA) is 45.2 Å². The van der Waals surface area contributed by atoms with Crippen LogP contribution in [-0.4, -0.2) is 42.0 Å². The third-order valence-corrected chi connectivity index (χ3v) is 5.12. The summed E-state index contributed by atoms with van der Waals surface area (Å²) in [5.41, 5.74) is 1.75. The van der Waals surface area contributed by atoms with Gasteiger partial charge in [0.25, 0.3) is 5.91 Å². The molecule has 1 aliphatic carbocycles. The molecule has 5 heteroatoms. The fourth-order valence-corrected chi connectivity index (χ4v) is 3.72. The lowest BCUT2D eigenvalue weighted by Crippen LogP contribution is -2.32. The molecule has 1 amide bonds. The predicted molar refractivity (Wildman–Crippen MR) is 77.0 cm³/mol. The van der Waals surface area contributed by atoms with Gasteiger partial charge in [-0.1, -0.05) is 11.6 Å². The van der Waals surface area contributed by atoms with Gasteiger partial charge in [-0.2, -0.15) is 0 Å². The van der Waals surface area contributed by atoms with Crippen LogP contribution in [0, 0.1) is 11.8 Å². The molecule has 1 N–H and O–H groups in total. The van der Waals surface area contributed by atoms with Gasteiger partial charge in [0.1, 0.15) is 5.15 Å². The number of likely N-dealkylation sites (tertiary alicyclic amines) is 1. The van der Waals surface area contributed by atoms with E-state index >= 15 is 0 Å². The van der Waals surface area contributed by atoms with Crippen molar-refractivity contribution in [2.45, 2.75) is 18.8 Å². The lowest BCUT2D eigenvalue weighted by atomic mass is 10.0. The number of carbonyl (C=O) groups excluding carboxylic acids is 1. The van der Waals surface area contributed by atoms with Crippen LogP contribution in [0.15, 0.2) is 12.3 Å². The van der Waals surface area contributed by atoms with Crippen LogP contribution in [0.4, 0.5) is 0 Å². The summed E-state index contributed by atoms with van der Waals surface area (Å²) in [6.45, 7) is 3.83. The summed E-state index contributed by atoms with van der Waals surface area (Å²) in [6, 6.07) is 1.96. The van der Waals surface area contributed by atoms with Crippen LogP contribution >= 0.6 is 11.6 Å². The molecule has 0 spiro atoms. The third-order valence-electron chi connectivity index (χ3n) is 4.81. The minimum absolute atomic E-state index is 0.116. The minimum atomic E-state index is 0.116. The summed E-state index contributed by atoms with van der Waals surface area (Å²) in [5.74, 6) is 1.89. The number of amides is 1. The molecule has 0 aromatic carbocycles. The van der Waals surface area contributed by atoms with Crippen molar-refractivity contribution >= 4 is 17.5 Å². The molecule has 2 atom stereocenters. The molecule has 3 fully saturated rings. The van der Waals surface area contributed by atoms with Crippen molar-refractivity contribution in [3.63, 3.8) is 0 Å². The molecular formula is C15H18ClN3O. The lowest BCUT2D eigenvalue weighted by Gasteiger charge is -2.18. The minimum Gasteiger partial charge on any atom is -0.338 e. The maximum Gasteiger partial charge on any atom is 0.255 e. The van der Waals surface area contributed by atoms with Crippen molar-refractivity contribution in [1.29, 1.82) is 0 Å². The van der Waals surface area contributed by atoms with E-state index in [2.05, 4.69) is 10.3 Å². The number of nitrogens with zero attached hydrogens (tertiary/aromatic N) is 2. The van der Waals surface area contributed by atoms with E-state index in [9.17, 15) is 4.79 Å². The number of hydrogen-bond acceptors (Lipinski definition) is 3. The molecular weight excluding hydrogens is 274 g/mol. The Hall–Kier alpha value is -1.13. The van der Waals surface area contributed by atoms with Crippen molar-refractivity contribution in [2.75, 3.05) is 26.2 Å². The van der Waals surface area contributed by atoms with Crippen LogP contribution in [0.2, 0.25) is 5.15 Å². The van der Waals surface area contributed by atoms with Gasteiger partial charge in [-0.25, -0.2) is 4.98 Å². The monoisotopic (exact) mass is 291 g/mol. The molecule has 2 aliphatic heterocycles. The summed E-state index contributed by atoms with van der Waals surface area (Å²) >= 11 is 6.13. The first-order valence-electron chi connectivity index (χ1n) is 7.38. The van der Waals surface area contributed by atoms with Gasteiger partial charge in [0.05, 0.1) is 5.56 Å². The quantitative estimate of drug-likeness (QED) is 0.847. The van der Waals surface area contributed by atoms with Crippen molar-refractivity contribution in [3.8, 4) is 0 Å². The Morgan fingerprint density at radius 2 is 2.00 bits per heavy atom. The van der Waals surface area contributed by atoms with Crippen molar-refractivity contribution in [3.05, 3.63) is 28.5 Å². The molecule has 2 saturated heterocycles. The number of pyridine rings is 1. The van der Waals surface area contributed by atoms with Gasteiger partial charge in [-0.05, 0) is 42.2 Å². The van der Waals surface area contributed by atoms with Crippen molar-refractivity contribution in [2.24, 2.45) is 11.8 Å². The number of carbonyl (C=O) groups is 1. The second-order valence-electron chi connectivity index (χ2n) is 6.27. The molecule has 1 aromatic rings. The number of halogens is 1. The zero-order valence-corrected chi connectivity index (χ0v) is 12.1. The average Bonchev–Trinajstić information content (AvgIpc) is 3.06. The summed E-state index contributed by atoms with van der Waals surface area (Å²) in [5, 5.41) is 3.96. The third kappa shape index (κ3) is 2.11. The van der Waals surface area contributed by atoms with E-state index in [1.807, 2.05) is 11.0 Å². The zero-order chi connectivity index (χ0) is 13.7. The molecule has 3 aliphatic rings. The fraction of sp³-hybridized carbons (Fsp3) is 0.600. The highest BCUT2D eigenvalue weighted by Gasteiger charge is 2.38. The Labute approximate surface area is 123 Å². The molecule has 1 saturated carbocycles. The van der Waals surface area contributed by atoms with E-state index in [0.29, 0.717) is 28.5 Å². The summed E-state index contributed by atoms with van der Waals surface area (Å²) in [7, 11) is 0. The normalized spacial score (nSPS) is 28.8. The molecule has 4 rings (SSSR count). The van der Waals surface area contributed by atoms with E-state index in [4.69, 9.17) is 11.6 Å². The van der Waals surface area contributed by atoms with Crippen molar-refractivity contribution < 1.29 is 4.79 Å². The van der Waals surface area contributed by atoms with Gasteiger partial charge in [0.2, 0.25) is 0 Å². The van der Waals surface area contributed by atoms with E-state index in [1.165, 1.54) is 12.8 Å². The molecule has 20 heavy (non-hydrogen) atoms. The molecule has 106 valence electrons. The maximum atomic E-state index is 12.6. The van der Waals surface area contributed by atoms with Gasteiger partial charge in [0.15, 0.2) is 0 Å². The van der Waals surface area contributed by atoms with Crippen LogP contribution in [0.25, 0.3) is 0 Å². The van der Waals surface area contributed by atoms with Crippen molar-refractivity contribution in [1.82, 2.24) is 15.2 Å². The largest absolute Gasteiger partial charge is 0.338 e. The van der Waals surface area contributed by atoms with Crippen LogP contribution < -0.4 is 5.32 Å². The SMILES string of the molecule is O=C(c1cnc(Cl)c(C2CC2)c1)N1C[C@H]2CNC[C@@H]2C1. The smallest absolute Gasteiger partial charge is 0.255 e. The highest BCUT2D eigenvalue weighted by atomic mass is 35.5. The summed E-state index contributed by atoms with van der Waals surface area (Å²) in [6.07, 6.45) is 3.96. The lowest BCUT2D eigenvalue weighted by molar-refractivity contribution is 0.0781. The Kier molecular flexibility index (Phi) is 2.97. The maximum absolute atomic E-state index is 12.6. The van der Waals surface area contributed by atoms with Crippen LogP contribution in [-0.2, 0) is 0 Å². The molecule has 0 radical (unpaired) electrons. The fourth-order valence-electron chi connectivity index (χ4n) is 3.47. The Morgan fingerprint density at radius 3 is 2.65 bits per heavy atom. The Morgan fingerprint density at radius 1 is 1.30 bits per heavy atom. The highest BCUT2D eigenvalue weighted by molar-refractivity contribution is 6.30. The predicted octanol–water partition coefficient (Wildman–Crippen LogP) is 1.90. The second-order valence-corrected chi connectivity index (χ2v) is 6.62. The van der Waals surface area contributed by atoms with E-state index in [1.54, 1.807) is 6.20 Å². The zero-order valence-electron chi connectivity index (χ0n) is 11.3. The number of aromatic nitrogens is 1. The molecule has 3 heterocycles. The number of hydrogen-bond donors (Lipinski definition) is 1. The standard InChI is InChI=1S/C15H18ClN3O/c16-14-13(9-1-2-9)3-10(6-18-14)15(20)19-7-11-4-17-5-12(11)8-19/h3,6,9,11-12,17H,1-2,4-5,7-8H2/t11-,12-/m1/s1. The summed E-state index contributed by atoms with van der Waals surface area (Å²) in [4.78, 5) is 18.8. The van der Waals surface area contributed by atoms with Crippen LogP contribution in [0.3, 0.4) is 0 Å². The molecule has 0 bridgehead atoms. The first-order valence-corrected chi connectivity index (χ1v) is 7.75. The van der Waals surface area contributed by atoms with Gasteiger partial charge in [-0.3, -0.25) is 4.79 Å². The van der Waals surface area contributed by atoms with Crippen LogP contribution in [0.5, 0.6) is 0 Å². The van der Waals surface area contributed by atoms with Gasteiger partial charge >= 0.3 is 0 Å². The average molecular weight is 292 g/mol. The number of fused-ring (bicyclic) bond motifs is 1. The summed E-state index contributed by atoms with van der Waals surface area (Å²) < 4.78 is 0. The first-order chi connectivity index (χ1) is 9.72. The van der Waals surface area contributed by atoms with E-state index in [-0.39, 0.29) is 5.91 Å². The molecule has 1 aromatic heterocycles. The first kappa shape index (κ1) is 12.6. The highest BCUT2D eigenvalue weighted by Crippen LogP contribution is 2.43. The second kappa shape index (κ2) is 4.71. The van der Waals surface area contributed by atoms with E-state index < -0.39 is 0 Å². The van der Waals surface area contributed by atoms with E-state index in [0.717, 1.165) is 31.7 Å². The Bertz CT molecular complexity index is 546. The van der Waals surface area contributed by atoms with Gasteiger partial charge in [-0.15, -0.1) is 0 Å². The molecule has 4 nitrogen and oxygen atoms in total. The van der Waals surface area contributed by atoms with Crippen LogP contribution in [0.1, 0.15) is 34.7 Å². The molecule has 0 unspecified atom stereocenters. The number of rotatable bonds is 2. The van der Waals surface area contributed by atoms with Gasteiger partial charge in [0, 0.05) is 32.4 Å². The Balaban J connectivity index is 1.55.